The third kappa shape index (κ3) is 4.03. The molecule has 1 spiro atoms. The van der Waals surface area contributed by atoms with Crippen molar-refractivity contribution in [1.29, 1.82) is 0 Å². The fourth-order valence-corrected chi connectivity index (χ4v) is 6.08. The van der Waals surface area contributed by atoms with E-state index >= 15 is 4.39 Å². The molecule has 2 fully saturated rings. The second-order valence-corrected chi connectivity index (χ2v) is 10.8. The van der Waals surface area contributed by atoms with E-state index in [2.05, 4.69) is 21.3 Å². The van der Waals surface area contributed by atoms with Crippen LogP contribution in [0.5, 0.6) is 0 Å². The summed E-state index contributed by atoms with van der Waals surface area (Å²) in [6.07, 6.45) is 2.21. The van der Waals surface area contributed by atoms with Crippen LogP contribution >= 0.6 is 0 Å². The van der Waals surface area contributed by atoms with Gasteiger partial charge in [0.2, 0.25) is 0 Å². The van der Waals surface area contributed by atoms with Gasteiger partial charge in [0.05, 0.1) is 35.8 Å². The van der Waals surface area contributed by atoms with Crippen molar-refractivity contribution in [2.75, 3.05) is 43.1 Å². The van der Waals surface area contributed by atoms with Gasteiger partial charge in [0.15, 0.2) is 0 Å². The first-order chi connectivity index (χ1) is 17.7. The van der Waals surface area contributed by atoms with E-state index in [0.29, 0.717) is 11.6 Å². The fraction of sp³-hybridized carbons (Fsp3) is 0.500. The molecule has 2 N–H and O–H groups in total. The Balaban J connectivity index is 1.38. The molecule has 1 aliphatic carbocycles. The fourth-order valence-electron chi connectivity index (χ4n) is 6.08. The molecule has 9 heteroatoms. The maximum atomic E-state index is 15.3. The molecule has 1 aromatic heterocycles. The van der Waals surface area contributed by atoms with Gasteiger partial charge in [-0.15, -0.1) is 0 Å². The van der Waals surface area contributed by atoms with Crippen LogP contribution in [0.3, 0.4) is 0 Å². The summed E-state index contributed by atoms with van der Waals surface area (Å²) < 4.78 is 49.7. The Morgan fingerprint density at radius 2 is 1.95 bits per heavy atom. The maximum absolute atomic E-state index is 15.3. The zero-order valence-electron chi connectivity index (χ0n) is 21.1. The standard InChI is InChI=1S/C28H31F3N4O2/c1-16(18-5-4-8-22(24(18)29)28(30,31)9-10-36)32-26-21-11-23(35-12-27(13-35)14-37-15-27)19-6-3-7-20(19)25(21)33-17(2)34-26/h4-5,8,11,16,36H,3,6-7,9-10,12-15H2,1-2H3,(H,32,33,34)/t16-/m1/s1. The number of aromatic nitrogens is 2. The van der Waals surface area contributed by atoms with Crippen LogP contribution in [0.4, 0.5) is 24.7 Å². The van der Waals surface area contributed by atoms with Crippen molar-refractivity contribution in [3.63, 3.8) is 0 Å². The Morgan fingerprint density at radius 3 is 2.65 bits per heavy atom. The first-order valence-electron chi connectivity index (χ1n) is 12.9. The molecule has 6 rings (SSSR count). The number of aliphatic hydroxyl groups excluding tert-OH is 1. The van der Waals surface area contributed by atoms with Crippen molar-refractivity contribution >= 4 is 22.4 Å². The highest BCUT2D eigenvalue weighted by atomic mass is 19.3. The predicted molar refractivity (Wildman–Crippen MR) is 136 cm³/mol. The molecular weight excluding hydrogens is 481 g/mol. The van der Waals surface area contributed by atoms with E-state index in [9.17, 15) is 8.78 Å². The minimum Gasteiger partial charge on any atom is -0.396 e. The molecule has 3 aliphatic rings. The van der Waals surface area contributed by atoms with Gasteiger partial charge >= 0.3 is 0 Å². The van der Waals surface area contributed by atoms with E-state index in [1.165, 1.54) is 28.9 Å². The zero-order chi connectivity index (χ0) is 25.9. The van der Waals surface area contributed by atoms with Gasteiger partial charge < -0.3 is 20.1 Å². The Labute approximate surface area is 213 Å². The summed E-state index contributed by atoms with van der Waals surface area (Å²) in [5, 5.41) is 13.2. The van der Waals surface area contributed by atoms with Crippen LogP contribution in [0.1, 0.15) is 53.9 Å². The highest BCUT2D eigenvalue weighted by Gasteiger charge is 2.49. The third-order valence-electron chi connectivity index (χ3n) is 8.03. The number of halogens is 3. The molecule has 2 aliphatic heterocycles. The quantitative estimate of drug-likeness (QED) is 0.462. The molecule has 0 unspecified atom stereocenters. The average molecular weight is 513 g/mol. The van der Waals surface area contributed by atoms with Crippen LogP contribution in [0.2, 0.25) is 0 Å². The summed E-state index contributed by atoms with van der Waals surface area (Å²) >= 11 is 0. The van der Waals surface area contributed by atoms with Gasteiger partial charge in [-0.25, -0.2) is 23.1 Å². The molecule has 37 heavy (non-hydrogen) atoms. The van der Waals surface area contributed by atoms with Crippen LogP contribution in [-0.4, -0.2) is 48.0 Å². The normalized spacial score (nSPS) is 19.0. The lowest BCUT2D eigenvalue weighted by Gasteiger charge is -2.56. The first-order valence-corrected chi connectivity index (χ1v) is 12.9. The molecule has 0 bridgehead atoms. The van der Waals surface area contributed by atoms with E-state index in [-0.39, 0.29) is 11.0 Å². The molecular formula is C28H31F3N4O2. The molecule has 0 saturated carbocycles. The molecule has 1 atom stereocenters. The molecule has 3 aromatic rings. The molecule has 2 aromatic carbocycles. The largest absolute Gasteiger partial charge is 0.396 e. The lowest BCUT2D eigenvalue weighted by molar-refractivity contribution is -0.127. The third-order valence-corrected chi connectivity index (χ3v) is 8.03. The van der Waals surface area contributed by atoms with Gasteiger partial charge in [-0.1, -0.05) is 18.2 Å². The number of aliphatic hydroxyl groups is 1. The second-order valence-electron chi connectivity index (χ2n) is 10.8. The van der Waals surface area contributed by atoms with Crippen LogP contribution in [0.25, 0.3) is 10.9 Å². The summed E-state index contributed by atoms with van der Waals surface area (Å²) in [5.41, 5.74) is 4.40. The summed E-state index contributed by atoms with van der Waals surface area (Å²) in [6.45, 7) is 6.40. The summed E-state index contributed by atoms with van der Waals surface area (Å²) in [7, 11) is 0. The molecule has 6 nitrogen and oxygen atoms in total. The molecule has 2 saturated heterocycles. The SMILES string of the molecule is Cc1nc(N[C@H](C)c2cccc(C(F)(F)CCO)c2F)c2cc(N3CC4(COC4)C3)c3c(c2n1)CCC3. The number of hydrogen-bond acceptors (Lipinski definition) is 6. The number of alkyl halides is 2. The number of nitrogens with zero attached hydrogens (tertiary/aromatic N) is 3. The smallest absolute Gasteiger partial charge is 0.278 e. The highest BCUT2D eigenvalue weighted by molar-refractivity contribution is 5.96. The van der Waals surface area contributed by atoms with Crippen molar-refractivity contribution < 1.29 is 23.0 Å². The van der Waals surface area contributed by atoms with Crippen LogP contribution in [-0.2, 0) is 23.5 Å². The van der Waals surface area contributed by atoms with Crippen LogP contribution < -0.4 is 10.2 Å². The van der Waals surface area contributed by atoms with Crippen molar-refractivity contribution in [1.82, 2.24) is 9.97 Å². The number of anilines is 2. The van der Waals surface area contributed by atoms with Crippen LogP contribution in [0.15, 0.2) is 24.3 Å². The molecule has 196 valence electrons. The van der Waals surface area contributed by atoms with E-state index in [1.807, 2.05) is 6.92 Å². The monoisotopic (exact) mass is 512 g/mol. The van der Waals surface area contributed by atoms with E-state index in [0.717, 1.165) is 62.5 Å². The first kappa shape index (κ1) is 24.4. The van der Waals surface area contributed by atoms with Gasteiger partial charge in [-0.3, -0.25) is 0 Å². The number of aryl methyl sites for hydroxylation is 2. The Morgan fingerprint density at radius 1 is 1.19 bits per heavy atom. The number of fused-ring (bicyclic) bond motifs is 3. The Hall–Kier alpha value is -2.91. The predicted octanol–water partition coefficient (Wildman–Crippen LogP) is 5.05. The Kier molecular flexibility index (Phi) is 5.84. The van der Waals surface area contributed by atoms with Gasteiger partial charge in [0.1, 0.15) is 17.5 Å². The lowest BCUT2D eigenvalue weighted by Crippen LogP contribution is -2.66. The van der Waals surface area contributed by atoms with Gasteiger partial charge in [-0.05, 0) is 50.3 Å². The summed E-state index contributed by atoms with van der Waals surface area (Å²) in [5.74, 6) is -3.25. The topological polar surface area (TPSA) is 70.5 Å². The molecule has 0 amide bonds. The maximum Gasteiger partial charge on any atom is 0.278 e. The van der Waals surface area contributed by atoms with Gasteiger partial charge in [0, 0.05) is 42.8 Å². The average Bonchev–Trinajstić information content (AvgIpc) is 3.28. The van der Waals surface area contributed by atoms with Crippen molar-refractivity contribution in [3.8, 4) is 0 Å². The molecule has 3 heterocycles. The Bertz CT molecular complexity index is 1370. The van der Waals surface area contributed by atoms with Crippen LogP contribution in [0, 0.1) is 18.2 Å². The van der Waals surface area contributed by atoms with E-state index < -0.39 is 36.4 Å². The zero-order valence-corrected chi connectivity index (χ0v) is 21.1. The minimum absolute atomic E-state index is 0.121. The molecule has 0 radical (unpaired) electrons. The van der Waals surface area contributed by atoms with Crippen molar-refractivity contribution in [2.24, 2.45) is 5.41 Å². The van der Waals surface area contributed by atoms with Crippen molar-refractivity contribution in [2.45, 2.75) is 51.5 Å². The minimum atomic E-state index is -3.46. The number of ether oxygens (including phenoxy) is 1. The number of benzene rings is 2. The van der Waals surface area contributed by atoms with Gasteiger partial charge in [-0.2, -0.15) is 0 Å². The van der Waals surface area contributed by atoms with Crippen molar-refractivity contribution in [3.05, 3.63) is 58.2 Å². The van der Waals surface area contributed by atoms with E-state index in [1.54, 1.807) is 6.92 Å². The number of hydrogen-bond donors (Lipinski definition) is 2. The van der Waals surface area contributed by atoms with E-state index in [4.69, 9.17) is 14.8 Å². The number of rotatable bonds is 7. The second kappa shape index (κ2) is 8.84. The highest BCUT2D eigenvalue weighted by Crippen LogP contribution is 2.46. The van der Waals surface area contributed by atoms with Gasteiger partial charge in [0.25, 0.3) is 5.92 Å². The summed E-state index contributed by atoms with van der Waals surface area (Å²) in [4.78, 5) is 11.9. The lowest BCUT2D eigenvalue weighted by atomic mass is 9.77. The summed E-state index contributed by atoms with van der Waals surface area (Å²) in [6, 6.07) is 5.52. The number of nitrogens with one attached hydrogen (secondary N) is 1.